The van der Waals surface area contributed by atoms with Gasteiger partial charge in [-0.15, -0.1) is 0 Å². The van der Waals surface area contributed by atoms with Crippen molar-refractivity contribution in [1.29, 1.82) is 0 Å². The van der Waals surface area contributed by atoms with Crippen LogP contribution in [0.2, 0.25) is 0 Å². The predicted molar refractivity (Wildman–Crippen MR) is 58.0 cm³/mol. The van der Waals surface area contributed by atoms with E-state index in [0.717, 1.165) is 43.0 Å². The van der Waals surface area contributed by atoms with Crippen LogP contribution in [0.1, 0.15) is 5.69 Å². The van der Waals surface area contributed by atoms with Gasteiger partial charge in [0, 0.05) is 30.3 Å². The summed E-state index contributed by atoms with van der Waals surface area (Å²) in [5.41, 5.74) is 1.11. The second-order valence-electron chi connectivity index (χ2n) is 3.32. The van der Waals surface area contributed by atoms with E-state index in [1.807, 2.05) is 18.3 Å². The highest BCUT2D eigenvalue weighted by molar-refractivity contribution is 9.10. The average molecular weight is 257 g/mol. The van der Waals surface area contributed by atoms with Gasteiger partial charge in [0.1, 0.15) is 0 Å². The molecular formula is C10H13BrN2O. The maximum Gasteiger partial charge on any atom is 0.0685 e. The van der Waals surface area contributed by atoms with Gasteiger partial charge in [-0.05, 0) is 28.1 Å². The maximum atomic E-state index is 5.29. The molecule has 4 heteroatoms. The van der Waals surface area contributed by atoms with Crippen LogP contribution < -0.4 is 0 Å². The molecule has 0 unspecified atom stereocenters. The van der Waals surface area contributed by atoms with Gasteiger partial charge in [0.15, 0.2) is 0 Å². The molecule has 0 saturated carbocycles. The fraction of sp³-hybridized carbons (Fsp3) is 0.500. The molecule has 1 fully saturated rings. The van der Waals surface area contributed by atoms with Gasteiger partial charge in [-0.2, -0.15) is 0 Å². The number of aromatic nitrogens is 1. The number of morpholine rings is 1. The molecule has 0 aromatic carbocycles. The predicted octanol–water partition coefficient (Wildman–Crippen LogP) is 1.68. The van der Waals surface area contributed by atoms with Crippen molar-refractivity contribution in [3.8, 4) is 0 Å². The van der Waals surface area contributed by atoms with Crippen molar-refractivity contribution < 1.29 is 4.74 Å². The zero-order valence-electron chi connectivity index (χ0n) is 7.95. The highest BCUT2D eigenvalue weighted by Gasteiger charge is 2.12. The number of hydrogen-bond donors (Lipinski definition) is 0. The Bertz CT molecular complexity index is 300. The van der Waals surface area contributed by atoms with E-state index >= 15 is 0 Å². The molecule has 3 nitrogen and oxygen atoms in total. The molecule has 2 rings (SSSR count). The van der Waals surface area contributed by atoms with E-state index in [0.29, 0.717) is 0 Å². The Morgan fingerprint density at radius 3 is 2.93 bits per heavy atom. The van der Waals surface area contributed by atoms with E-state index in [9.17, 15) is 0 Å². The molecule has 0 aliphatic carbocycles. The largest absolute Gasteiger partial charge is 0.379 e. The molecule has 0 amide bonds. The lowest BCUT2D eigenvalue weighted by molar-refractivity contribution is 0.0335. The number of rotatable bonds is 2. The lowest BCUT2D eigenvalue weighted by atomic mass is 10.3. The minimum Gasteiger partial charge on any atom is -0.379 e. The Labute approximate surface area is 92.2 Å². The third-order valence-corrected chi connectivity index (χ3v) is 3.03. The van der Waals surface area contributed by atoms with Crippen LogP contribution in [0.15, 0.2) is 22.8 Å². The average Bonchev–Trinajstić information content (AvgIpc) is 2.23. The summed E-state index contributed by atoms with van der Waals surface area (Å²) in [4.78, 5) is 6.70. The van der Waals surface area contributed by atoms with Crippen LogP contribution >= 0.6 is 15.9 Å². The number of hydrogen-bond acceptors (Lipinski definition) is 3. The van der Waals surface area contributed by atoms with E-state index in [4.69, 9.17) is 4.74 Å². The van der Waals surface area contributed by atoms with Crippen LogP contribution in [0.25, 0.3) is 0 Å². The first kappa shape index (κ1) is 10.1. The summed E-state index contributed by atoms with van der Waals surface area (Å²) in [6.07, 6.45) is 1.83. The topological polar surface area (TPSA) is 25.4 Å². The van der Waals surface area contributed by atoms with Gasteiger partial charge in [0.25, 0.3) is 0 Å². The quantitative estimate of drug-likeness (QED) is 0.806. The molecule has 2 heterocycles. The number of ether oxygens (including phenoxy) is 1. The molecule has 1 aliphatic rings. The Balaban J connectivity index is 1.99. The maximum absolute atomic E-state index is 5.29. The minimum atomic E-state index is 0.838. The zero-order chi connectivity index (χ0) is 9.80. The van der Waals surface area contributed by atoms with Crippen molar-refractivity contribution in [3.05, 3.63) is 28.5 Å². The molecule has 1 aromatic rings. The molecule has 14 heavy (non-hydrogen) atoms. The standard InChI is InChI=1S/C10H13BrN2O/c11-9-2-1-3-12-10(9)8-13-4-6-14-7-5-13/h1-3H,4-8H2. The van der Waals surface area contributed by atoms with E-state index in [1.54, 1.807) is 0 Å². The molecule has 1 aromatic heterocycles. The third kappa shape index (κ3) is 2.53. The summed E-state index contributed by atoms with van der Waals surface area (Å²) < 4.78 is 6.38. The summed E-state index contributed by atoms with van der Waals surface area (Å²) in [6, 6.07) is 3.97. The van der Waals surface area contributed by atoms with Crippen molar-refractivity contribution >= 4 is 15.9 Å². The smallest absolute Gasteiger partial charge is 0.0685 e. The lowest BCUT2D eigenvalue weighted by Gasteiger charge is -2.26. The van der Waals surface area contributed by atoms with Gasteiger partial charge in [0.2, 0.25) is 0 Å². The van der Waals surface area contributed by atoms with Gasteiger partial charge in [-0.1, -0.05) is 0 Å². The molecule has 1 aliphatic heterocycles. The van der Waals surface area contributed by atoms with Crippen molar-refractivity contribution in [2.24, 2.45) is 0 Å². The van der Waals surface area contributed by atoms with Crippen molar-refractivity contribution in [2.75, 3.05) is 26.3 Å². The Morgan fingerprint density at radius 1 is 1.43 bits per heavy atom. The van der Waals surface area contributed by atoms with Gasteiger partial charge in [0.05, 0.1) is 18.9 Å². The summed E-state index contributed by atoms with van der Waals surface area (Å²) in [5.74, 6) is 0. The summed E-state index contributed by atoms with van der Waals surface area (Å²) in [5, 5.41) is 0. The van der Waals surface area contributed by atoms with Crippen molar-refractivity contribution in [1.82, 2.24) is 9.88 Å². The Hall–Kier alpha value is -0.450. The molecule has 0 atom stereocenters. The number of halogens is 1. The summed E-state index contributed by atoms with van der Waals surface area (Å²) in [6.45, 7) is 4.59. The first-order valence-electron chi connectivity index (χ1n) is 4.76. The van der Waals surface area contributed by atoms with Gasteiger partial charge in [-0.3, -0.25) is 9.88 Å². The second kappa shape index (κ2) is 4.87. The third-order valence-electron chi connectivity index (χ3n) is 2.31. The zero-order valence-corrected chi connectivity index (χ0v) is 9.53. The first-order valence-corrected chi connectivity index (χ1v) is 5.55. The molecule has 0 radical (unpaired) electrons. The first-order chi connectivity index (χ1) is 6.86. The number of nitrogens with zero attached hydrogens (tertiary/aromatic N) is 2. The fourth-order valence-corrected chi connectivity index (χ4v) is 1.89. The molecule has 1 saturated heterocycles. The van der Waals surface area contributed by atoms with Crippen LogP contribution in [0.5, 0.6) is 0 Å². The van der Waals surface area contributed by atoms with E-state index in [1.165, 1.54) is 0 Å². The van der Waals surface area contributed by atoms with Gasteiger partial charge in [-0.25, -0.2) is 0 Å². The number of pyridine rings is 1. The second-order valence-corrected chi connectivity index (χ2v) is 4.17. The minimum absolute atomic E-state index is 0.838. The highest BCUT2D eigenvalue weighted by atomic mass is 79.9. The van der Waals surface area contributed by atoms with Crippen LogP contribution in [0.3, 0.4) is 0 Å². The van der Waals surface area contributed by atoms with Crippen molar-refractivity contribution in [3.63, 3.8) is 0 Å². The molecule has 76 valence electrons. The lowest BCUT2D eigenvalue weighted by Crippen LogP contribution is -2.35. The van der Waals surface area contributed by atoms with Gasteiger partial charge < -0.3 is 4.74 Å². The molecular weight excluding hydrogens is 244 g/mol. The Morgan fingerprint density at radius 2 is 2.21 bits per heavy atom. The molecule has 0 bridgehead atoms. The van der Waals surface area contributed by atoms with Crippen LogP contribution in [-0.4, -0.2) is 36.2 Å². The van der Waals surface area contributed by atoms with Gasteiger partial charge >= 0.3 is 0 Å². The van der Waals surface area contributed by atoms with Crippen LogP contribution in [0.4, 0.5) is 0 Å². The van der Waals surface area contributed by atoms with Crippen molar-refractivity contribution in [2.45, 2.75) is 6.54 Å². The summed E-state index contributed by atoms with van der Waals surface area (Å²) in [7, 11) is 0. The highest BCUT2D eigenvalue weighted by Crippen LogP contribution is 2.15. The molecule has 0 spiro atoms. The summed E-state index contributed by atoms with van der Waals surface area (Å²) >= 11 is 3.50. The SMILES string of the molecule is Brc1cccnc1CN1CCOCC1. The molecule has 0 N–H and O–H groups in total. The fourth-order valence-electron chi connectivity index (χ4n) is 1.51. The van der Waals surface area contributed by atoms with E-state index in [2.05, 4.69) is 25.8 Å². The van der Waals surface area contributed by atoms with E-state index in [-0.39, 0.29) is 0 Å². The Kier molecular flexibility index (Phi) is 3.50. The van der Waals surface area contributed by atoms with Crippen LogP contribution in [-0.2, 0) is 11.3 Å². The monoisotopic (exact) mass is 256 g/mol. The normalized spacial score (nSPS) is 18.4. The van der Waals surface area contributed by atoms with E-state index < -0.39 is 0 Å². The van der Waals surface area contributed by atoms with Crippen LogP contribution in [0, 0.1) is 0 Å².